The Morgan fingerprint density at radius 3 is 2.16 bits per heavy atom. The summed E-state index contributed by atoms with van der Waals surface area (Å²) in [7, 11) is 0. The first kappa shape index (κ1) is 16.3. The molecule has 2 aromatic rings. The first-order valence-corrected chi connectivity index (χ1v) is 9.42. The molecule has 0 saturated heterocycles. The molecule has 2 aliphatic rings. The lowest BCUT2D eigenvalue weighted by molar-refractivity contribution is -0.105. The summed E-state index contributed by atoms with van der Waals surface area (Å²) in [6.07, 6.45) is 6.23. The normalized spacial score (nSPS) is 18.1. The van der Waals surface area contributed by atoms with Gasteiger partial charge in [0.05, 0.1) is 6.04 Å². The fraction of sp³-hybridized carbons (Fsp3) is 0.409. The van der Waals surface area contributed by atoms with Crippen LogP contribution >= 0.6 is 0 Å². The molecule has 0 radical (unpaired) electrons. The number of benzene rings is 2. The van der Waals surface area contributed by atoms with Crippen LogP contribution < -0.4 is 5.32 Å². The second-order valence-corrected chi connectivity index (χ2v) is 7.54. The molecule has 0 bridgehead atoms. The highest BCUT2D eigenvalue weighted by Gasteiger charge is 2.33. The van der Waals surface area contributed by atoms with Crippen molar-refractivity contribution in [2.24, 2.45) is 11.8 Å². The molecular weight excluding hydrogens is 308 g/mol. The highest BCUT2D eigenvalue weighted by Crippen LogP contribution is 2.39. The van der Waals surface area contributed by atoms with Crippen LogP contribution in [-0.4, -0.2) is 24.4 Å². The van der Waals surface area contributed by atoms with Crippen molar-refractivity contribution in [1.82, 2.24) is 4.90 Å². The van der Waals surface area contributed by atoms with Gasteiger partial charge in [-0.05, 0) is 60.8 Å². The predicted molar refractivity (Wildman–Crippen MR) is 101 cm³/mol. The number of hydrogen-bond acceptors (Lipinski definition) is 2. The Morgan fingerprint density at radius 2 is 1.56 bits per heavy atom. The van der Waals surface area contributed by atoms with Crippen LogP contribution in [0.1, 0.15) is 42.9 Å². The zero-order valence-electron chi connectivity index (χ0n) is 14.6. The Balaban J connectivity index is 1.69. The van der Waals surface area contributed by atoms with Gasteiger partial charge in [0.1, 0.15) is 0 Å². The molecule has 3 heteroatoms. The van der Waals surface area contributed by atoms with Crippen molar-refractivity contribution in [3.63, 3.8) is 0 Å². The van der Waals surface area contributed by atoms with E-state index in [1.54, 1.807) is 0 Å². The molecule has 1 amide bonds. The average molecular weight is 334 g/mol. The van der Waals surface area contributed by atoms with Crippen molar-refractivity contribution >= 4 is 12.1 Å². The fourth-order valence-corrected chi connectivity index (χ4v) is 3.67. The molecule has 25 heavy (non-hydrogen) atoms. The van der Waals surface area contributed by atoms with Crippen molar-refractivity contribution in [3.05, 3.63) is 65.7 Å². The zero-order valence-corrected chi connectivity index (χ0v) is 14.6. The van der Waals surface area contributed by atoms with Gasteiger partial charge in [0, 0.05) is 18.8 Å². The van der Waals surface area contributed by atoms with E-state index in [9.17, 15) is 4.79 Å². The topological polar surface area (TPSA) is 32.3 Å². The van der Waals surface area contributed by atoms with Crippen LogP contribution in [-0.2, 0) is 4.79 Å². The summed E-state index contributed by atoms with van der Waals surface area (Å²) in [5.41, 5.74) is 3.47. The van der Waals surface area contributed by atoms with Crippen LogP contribution in [0, 0.1) is 11.8 Å². The van der Waals surface area contributed by atoms with E-state index in [0.29, 0.717) is 0 Å². The number of nitrogens with zero attached hydrogens (tertiary/aromatic N) is 1. The monoisotopic (exact) mass is 334 g/mol. The first-order valence-electron chi connectivity index (χ1n) is 9.42. The maximum atomic E-state index is 10.8. The third-order valence-electron chi connectivity index (χ3n) is 5.29. The SMILES string of the molecule is O=CNc1cccc(C(c2ccccc2)N(CC2CC2)CC2CC2)c1. The summed E-state index contributed by atoms with van der Waals surface area (Å²) in [6, 6.07) is 19.4. The highest BCUT2D eigenvalue weighted by molar-refractivity contribution is 5.71. The summed E-state index contributed by atoms with van der Waals surface area (Å²) < 4.78 is 0. The van der Waals surface area contributed by atoms with E-state index in [1.807, 2.05) is 12.1 Å². The van der Waals surface area contributed by atoms with Crippen molar-refractivity contribution in [3.8, 4) is 0 Å². The molecule has 2 fully saturated rings. The quantitative estimate of drug-likeness (QED) is 0.686. The van der Waals surface area contributed by atoms with E-state index in [2.05, 4.69) is 52.7 Å². The minimum atomic E-state index is 0.260. The van der Waals surface area contributed by atoms with Gasteiger partial charge >= 0.3 is 0 Å². The van der Waals surface area contributed by atoms with E-state index < -0.39 is 0 Å². The number of hydrogen-bond donors (Lipinski definition) is 1. The maximum Gasteiger partial charge on any atom is 0.211 e. The highest BCUT2D eigenvalue weighted by atomic mass is 16.1. The van der Waals surface area contributed by atoms with Gasteiger partial charge in [0.2, 0.25) is 6.41 Å². The van der Waals surface area contributed by atoms with E-state index in [4.69, 9.17) is 0 Å². The summed E-state index contributed by atoms with van der Waals surface area (Å²) in [5, 5.41) is 2.80. The molecule has 0 heterocycles. The third-order valence-corrected chi connectivity index (χ3v) is 5.29. The minimum absolute atomic E-state index is 0.260. The van der Waals surface area contributed by atoms with Gasteiger partial charge in [-0.1, -0.05) is 42.5 Å². The van der Waals surface area contributed by atoms with E-state index in [-0.39, 0.29) is 6.04 Å². The standard InChI is InChI=1S/C22H26N2O/c25-16-23-21-8-4-7-20(13-21)22(19-5-2-1-3-6-19)24(14-17-9-10-17)15-18-11-12-18/h1-8,13,16-18,22H,9-12,14-15H2,(H,23,25). The number of anilines is 1. The first-order chi connectivity index (χ1) is 12.3. The molecule has 2 saturated carbocycles. The number of amides is 1. The van der Waals surface area contributed by atoms with Crippen molar-refractivity contribution < 1.29 is 4.79 Å². The van der Waals surface area contributed by atoms with Gasteiger partial charge < -0.3 is 5.32 Å². The predicted octanol–water partition coefficient (Wildman–Crippen LogP) is 4.47. The Labute approximate surface area is 150 Å². The second kappa shape index (κ2) is 7.40. The molecular formula is C22H26N2O. The maximum absolute atomic E-state index is 10.8. The van der Waals surface area contributed by atoms with Crippen LogP contribution in [0.2, 0.25) is 0 Å². The Morgan fingerprint density at radius 1 is 0.920 bits per heavy atom. The Bertz CT molecular complexity index is 693. The van der Waals surface area contributed by atoms with Gasteiger partial charge in [-0.2, -0.15) is 0 Å². The molecule has 1 N–H and O–H groups in total. The van der Waals surface area contributed by atoms with Crippen LogP contribution in [0.5, 0.6) is 0 Å². The van der Waals surface area contributed by atoms with Crippen molar-refractivity contribution in [2.75, 3.05) is 18.4 Å². The van der Waals surface area contributed by atoms with Crippen LogP contribution in [0.15, 0.2) is 54.6 Å². The van der Waals surface area contributed by atoms with Crippen LogP contribution in [0.4, 0.5) is 5.69 Å². The van der Waals surface area contributed by atoms with Crippen LogP contribution in [0.25, 0.3) is 0 Å². The van der Waals surface area contributed by atoms with Crippen molar-refractivity contribution in [1.29, 1.82) is 0 Å². The number of nitrogens with one attached hydrogen (secondary N) is 1. The molecule has 3 nitrogen and oxygen atoms in total. The Kier molecular flexibility index (Phi) is 4.84. The fourth-order valence-electron chi connectivity index (χ4n) is 3.67. The summed E-state index contributed by atoms with van der Waals surface area (Å²) >= 11 is 0. The minimum Gasteiger partial charge on any atom is -0.329 e. The smallest absolute Gasteiger partial charge is 0.211 e. The molecule has 1 atom stereocenters. The largest absolute Gasteiger partial charge is 0.329 e. The third kappa shape index (κ3) is 4.29. The Hall–Kier alpha value is -2.13. The zero-order chi connectivity index (χ0) is 17.1. The van der Waals surface area contributed by atoms with E-state index in [0.717, 1.165) is 23.9 Å². The average Bonchev–Trinajstić information content (AvgIpc) is 3.54. The summed E-state index contributed by atoms with van der Waals surface area (Å²) in [4.78, 5) is 13.5. The lowest BCUT2D eigenvalue weighted by Crippen LogP contribution is -2.33. The van der Waals surface area contributed by atoms with Gasteiger partial charge in [0.25, 0.3) is 0 Å². The van der Waals surface area contributed by atoms with E-state index >= 15 is 0 Å². The molecule has 130 valence electrons. The molecule has 0 aromatic heterocycles. The second-order valence-electron chi connectivity index (χ2n) is 7.54. The summed E-state index contributed by atoms with van der Waals surface area (Å²) in [6.45, 7) is 2.36. The molecule has 2 aliphatic carbocycles. The molecule has 0 spiro atoms. The molecule has 0 aliphatic heterocycles. The number of rotatable bonds is 9. The number of carbonyl (C=O) groups is 1. The van der Waals surface area contributed by atoms with Crippen LogP contribution in [0.3, 0.4) is 0 Å². The summed E-state index contributed by atoms with van der Waals surface area (Å²) in [5.74, 6) is 1.72. The molecule has 1 unspecified atom stereocenters. The molecule has 2 aromatic carbocycles. The van der Waals surface area contributed by atoms with Gasteiger partial charge in [-0.3, -0.25) is 9.69 Å². The van der Waals surface area contributed by atoms with Gasteiger partial charge in [-0.25, -0.2) is 0 Å². The van der Waals surface area contributed by atoms with E-state index in [1.165, 1.54) is 49.9 Å². The van der Waals surface area contributed by atoms with Gasteiger partial charge in [-0.15, -0.1) is 0 Å². The lowest BCUT2D eigenvalue weighted by atomic mass is 9.96. The van der Waals surface area contributed by atoms with Crippen molar-refractivity contribution in [2.45, 2.75) is 31.7 Å². The number of carbonyl (C=O) groups excluding carboxylic acids is 1. The van der Waals surface area contributed by atoms with Gasteiger partial charge in [0.15, 0.2) is 0 Å². The molecule has 4 rings (SSSR count). The lowest BCUT2D eigenvalue weighted by Gasteiger charge is -2.33.